The summed E-state index contributed by atoms with van der Waals surface area (Å²) in [6, 6.07) is 7.47. The van der Waals surface area contributed by atoms with Gasteiger partial charge in [0.05, 0.1) is 0 Å². The van der Waals surface area contributed by atoms with Crippen LogP contribution in [0.5, 0.6) is 0 Å². The molecule has 1 heterocycles. The lowest BCUT2D eigenvalue weighted by Crippen LogP contribution is -2.37. The van der Waals surface area contributed by atoms with Crippen LogP contribution in [0, 0.1) is 11.7 Å². The molecule has 0 spiro atoms. The molecule has 0 saturated carbocycles. The quantitative estimate of drug-likeness (QED) is 0.639. The predicted molar refractivity (Wildman–Crippen MR) is 78.1 cm³/mol. The Labute approximate surface area is 119 Å². The van der Waals surface area contributed by atoms with Gasteiger partial charge in [-0.2, -0.15) is 0 Å². The molecule has 1 saturated heterocycles. The number of hydrogen-bond donors (Lipinski definition) is 1. The summed E-state index contributed by atoms with van der Waals surface area (Å²) in [5, 5.41) is 3.54. The highest BCUT2D eigenvalue weighted by Crippen LogP contribution is 2.21. The number of rotatable bonds is 6. The van der Waals surface area contributed by atoms with Gasteiger partial charge in [0.15, 0.2) is 0 Å². The van der Waals surface area contributed by atoms with Crippen LogP contribution in [0.15, 0.2) is 29.2 Å². The molecule has 2 nitrogen and oxygen atoms in total. The first-order valence-electron chi connectivity index (χ1n) is 6.96. The average Bonchev–Trinajstić information content (AvgIpc) is 2.46. The monoisotopic (exact) mass is 283 g/mol. The predicted octanol–water partition coefficient (Wildman–Crippen LogP) is 3.32. The topological polar surface area (TPSA) is 21.3 Å². The zero-order chi connectivity index (χ0) is 13.5. The molecule has 1 aliphatic rings. The second-order valence-electron chi connectivity index (χ2n) is 4.97. The molecule has 1 atom stereocenters. The lowest BCUT2D eigenvalue weighted by atomic mass is 9.93. The van der Waals surface area contributed by atoms with Gasteiger partial charge in [0.1, 0.15) is 5.82 Å². The number of thioether (sulfide) groups is 1. The molecule has 0 aromatic heterocycles. The van der Waals surface area contributed by atoms with E-state index in [1.807, 2.05) is 12.1 Å². The van der Waals surface area contributed by atoms with E-state index in [0.29, 0.717) is 12.0 Å². The van der Waals surface area contributed by atoms with Crippen LogP contribution in [-0.2, 0) is 4.74 Å². The highest BCUT2D eigenvalue weighted by Gasteiger charge is 2.19. The molecule has 1 aromatic rings. The van der Waals surface area contributed by atoms with Crippen LogP contribution < -0.4 is 5.32 Å². The first kappa shape index (κ1) is 14.8. The van der Waals surface area contributed by atoms with Crippen molar-refractivity contribution < 1.29 is 9.13 Å². The second kappa shape index (κ2) is 7.88. The van der Waals surface area contributed by atoms with Crippen LogP contribution in [0.4, 0.5) is 4.39 Å². The number of hydrogen-bond acceptors (Lipinski definition) is 3. The van der Waals surface area contributed by atoms with Crippen LogP contribution in [0.25, 0.3) is 0 Å². The van der Waals surface area contributed by atoms with Crippen molar-refractivity contribution in [1.29, 1.82) is 0 Å². The molecule has 0 aliphatic carbocycles. The zero-order valence-electron chi connectivity index (χ0n) is 11.4. The van der Waals surface area contributed by atoms with E-state index in [1.54, 1.807) is 17.8 Å². The molecule has 4 heteroatoms. The normalized spacial score (nSPS) is 18.4. The van der Waals surface area contributed by atoms with Crippen molar-refractivity contribution in [2.45, 2.75) is 30.7 Å². The van der Waals surface area contributed by atoms with Crippen molar-refractivity contribution in [3.63, 3.8) is 0 Å². The van der Waals surface area contributed by atoms with Crippen molar-refractivity contribution in [3.05, 3.63) is 30.1 Å². The van der Waals surface area contributed by atoms with Crippen LogP contribution in [0.2, 0.25) is 0 Å². The van der Waals surface area contributed by atoms with Crippen molar-refractivity contribution in [2.24, 2.45) is 5.92 Å². The van der Waals surface area contributed by atoms with Gasteiger partial charge in [-0.05, 0) is 37.8 Å². The van der Waals surface area contributed by atoms with Crippen molar-refractivity contribution in [1.82, 2.24) is 5.32 Å². The third kappa shape index (κ3) is 4.79. The third-order valence-electron chi connectivity index (χ3n) is 3.64. The Morgan fingerprint density at radius 3 is 2.84 bits per heavy atom. The number of benzene rings is 1. The van der Waals surface area contributed by atoms with E-state index < -0.39 is 0 Å². The van der Waals surface area contributed by atoms with Crippen molar-refractivity contribution in [2.75, 3.05) is 25.5 Å². The summed E-state index contributed by atoms with van der Waals surface area (Å²) in [5.74, 6) is 1.49. The Hall–Kier alpha value is -0.580. The number of ether oxygens (including phenoxy) is 1. The summed E-state index contributed by atoms with van der Waals surface area (Å²) < 4.78 is 18.8. The van der Waals surface area contributed by atoms with Gasteiger partial charge in [0, 0.05) is 36.4 Å². The van der Waals surface area contributed by atoms with Gasteiger partial charge in [-0.3, -0.25) is 0 Å². The summed E-state index contributed by atoms with van der Waals surface area (Å²) in [4.78, 5) is 0.739. The minimum atomic E-state index is -0.120. The molecule has 1 fully saturated rings. The van der Waals surface area contributed by atoms with E-state index in [1.165, 1.54) is 6.07 Å². The zero-order valence-corrected chi connectivity index (χ0v) is 12.2. The Morgan fingerprint density at radius 1 is 1.37 bits per heavy atom. The number of halogens is 1. The molecule has 106 valence electrons. The van der Waals surface area contributed by atoms with Gasteiger partial charge in [0.25, 0.3) is 0 Å². The van der Waals surface area contributed by atoms with Crippen molar-refractivity contribution in [3.8, 4) is 0 Å². The maximum Gasteiger partial charge on any atom is 0.136 e. The van der Waals surface area contributed by atoms with E-state index in [-0.39, 0.29) is 5.82 Å². The Balaban J connectivity index is 1.65. The highest BCUT2D eigenvalue weighted by molar-refractivity contribution is 7.99. The minimum absolute atomic E-state index is 0.120. The van der Waals surface area contributed by atoms with Crippen molar-refractivity contribution >= 4 is 11.8 Å². The Bertz CT molecular complexity index is 382. The van der Waals surface area contributed by atoms with Gasteiger partial charge in [-0.25, -0.2) is 4.39 Å². The largest absolute Gasteiger partial charge is 0.381 e. The standard InChI is InChI=1S/C15H22FNOS/c1-12(13-6-9-18-10-7-13)17-8-11-19-15-5-3-2-4-14(15)16/h2-5,12-13,17H,6-11H2,1H3/t12-/m0/s1. The van der Waals surface area contributed by atoms with E-state index in [2.05, 4.69) is 12.2 Å². The molecule has 0 amide bonds. The van der Waals surface area contributed by atoms with E-state index >= 15 is 0 Å². The summed E-state index contributed by atoms with van der Waals surface area (Å²) in [5.41, 5.74) is 0. The lowest BCUT2D eigenvalue weighted by Gasteiger charge is -2.28. The minimum Gasteiger partial charge on any atom is -0.381 e. The Kier molecular flexibility index (Phi) is 6.14. The summed E-state index contributed by atoms with van der Waals surface area (Å²) in [7, 11) is 0. The van der Waals surface area contributed by atoms with Gasteiger partial charge in [0.2, 0.25) is 0 Å². The summed E-state index contributed by atoms with van der Waals surface area (Å²) in [6.45, 7) is 4.93. The number of nitrogens with one attached hydrogen (secondary N) is 1. The fourth-order valence-corrected chi connectivity index (χ4v) is 3.21. The maximum atomic E-state index is 13.4. The third-order valence-corrected chi connectivity index (χ3v) is 4.69. The molecule has 19 heavy (non-hydrogen) atoms. The summed E-state index contributed by atoms with van der Waals surface area (Å²) >= 11 is 1.57. The first-order chi connectivity index (χ1) is 9.27. The maximum absolute atomic E-state index is 13.4. The smallest absolute Gasteiger partial charge is 0.136 e. The molecule has 1 aliphatic heterocycles. The molecular formula is C15H22FNOS. The van der Waals surface area contributed by atoms with Gasteiger partial charge in [-0.1, -0.05) is 12.1 Å². The van der Waals surface area contributed by atoms with E-state index in [0.717, 1.165) is 43.2 Å². The van der Waals surface area contributed by atoms with Crippen LogP contribution in [0.3, 0.4) is 0 Å². The molecule has 1 aromatic carbocycles. The van der Waals surface area contributed by atoms with Gasteiger partial charge >= 0.3 is 0 Å². The average molecular weight is 283 g/mol. The lowest BCUT2D eigenvalue weighted by molar-refractivity contribution is 0.0562. The van der Waals surface area contributed by atoms with Crippen LogP contribution >= 0.6 is 11.8 Å². The molecular weight excluding hydrogens is 261 g/mol. The van der Waals surface area contributed by atoms with Crippen LogP contribution in [0.1, 0.15) is 19.8 Å². The van der Waals surface area contributed by atoms with Gasteiger partial charge in [-0.15, -0.1) is 11.8 Å². The Morgan fingerprint density at radius 2 is 2.11 bits per heavy atom. The second-order valence-corrected chi connectivity index (χ2v) is 6.11. The molecule has 0 bridgehead atoms. The SMILES string of the molecule is C[C@H](NCCSc1ccccc1F)C1CCOCC1. The van der Waals surface area contributed by atoms with Crippen LogP contribution in [-0.4, -0.2) is 31.6 Å². The first-order valence-corrected chi connectivity index (χ1v) is 7.94. The fraction of sp³-hybridized carbons (Fsp3) is 0.600. The summed E-state index contributed by atoms with van der Waals surface area (Å²) in [6.07, 6.45) is 2.29. The molecule has 0 radical (unpaired) electrons. The molecule has 2 rings (SSSR count). The van der Waals surface area contributed by atoms with E-state index in [9.17, 15) is 4.39 Å². The van der Waals surface area contributed by atoms with Gasteiger partial charge < -0.3 is 10.1 Å². The fourth-order valence-electron chi connectivity index (χ4n) is 2.39. The molecule has 0 unspecified atom stereocenters. The van der Waals surface area contributed by atoms with E-state index in [4.69, 9.17) is 4.74 Å². The highest BCUT2D eigenvalue weighted by atomic mass is 32.2. The molecule has 1 N–H and O–H groups in total.